The van der Waals surface area contributed by atoms with Crippen molar-refractivity contribution < 1.29 is 24.7 Å². The number of aliphatic hydroxyl groups excluding tert-OH is 1. The maximum atomic E-state index is 10.7. The summed E-state index contributed by atoms with van der Waals surface area (Å²) in [7, 11) is 1.04. The van der Waals surface area contributed by atoms with Crippen LogP contribution in [0.25, 0.3) is 0 Å². The third-order valence-corrected chi connectivity index (χ3v) is 2.18. The molecule has 82 valence electrons. The predicted molar refractivity (Wildman–Crippen MR) is 47.8 cm³/mol. The van der Waals surface area contributed by atoms with Gasteiger partial charge in [-0.25, -0.2) is 4.79 Å². The zero-order chi connectivity index (χ0) is 11.6. The van der Waals surface area contributed by atoms with Crippen molar-refractivity contribution in [1.29, 1.82) is 0 Å². The monoisotopic (exact) mass is 215 g/mol. The SMILES string of the molecule is COC1([N+](=O)[O-])CC(C(=O)O)=CC=C1O. The van der Waals surface area contributed by atoms with E-state index in [9.17, 15) is 20.0 Å². The molecular weight excluding hydrogens is 206 g/mol. The van der Waals surface area contributed by atoms with E-state index in [1.54, 1.807) is 0 Å². The summed E-state index contributed by atoms with van der Waals surface area (Å²) in [6.45, 7) is 0. The minimum absolute atomic E-state index is 0.189. The summed E-state index contributed by atoms with van der Waals surface area (Å²) in [5.41, 5.74) is -2.37. The average Bonchev–Trinajstić information content (AvgIpc) is 2.18. The Labute approximate surface area is 84.4 Å². The van der Waals surface area contributed by atoms with Crippen LogP contribution >= 0.6 is 0 Å². The third-order valence-electron chi connectivity index (χ3n) is 2.18. The topological polar surface area (TPSA) is 110 Å². The van der Waals surface area contributed by atoms with Gasteiger partial charge in [0.15, 0.2) is 0 Å². The Morgan fingerprint density at radius 3 is 2.67 bits per heavy atom. The highest BCUT2D eigenvalue weighted by Crippen LogP contribution is 2.31. The van der Waals surface area contributed by atoms with E-state index in [2.05, 4.69) is 4.74 Å². The standard InChI is InChI=1S/C8H9NO6/c1-15-8(9(13)14)4-5(7(11)12)2-3-6(8)10/h2-3,10H,4H2,1H3,(H,11,12). The quantitative estimate of drug-likeness (QED) is 0.402. The van der Waals surface area contributed by atoms with Crippen LogP contribution in [0.1, 0.15) is 6.42 Å². The van der Waals surface area contributed by atoms with Gasteiger partial charge >= 0.3 is 11.7 Å². The van der Waals surface area contributed by atoms with Crippen LogP contribution in [0.5, 0.6) is 0 Å². The zero-order valence-corrected chi connectivity index (χ0v) is 7.84. The Kier molecular flexibility index (Phi) is 2.76. The minimum atomic E-state index is -2.18. The molecule has 1 rings (SSSR count). The zero-order valence-electron chi connectivity index (χ0n) is 7.84. The molecule has 0 aliphatic heterocycles. The molecule has 7 nitrogen and oxygen atoms in total. The highest BCUT2D eigenvalue weighted by Gasteiger charge is 2.51. The molecule has 0 bridgehead atoms. The van der Waals surface area contributed by atoms with Crippen LogP contribution in [0.2, 0.25) is 0 Å². The Morgan fingerprint density at radius 2 is 2.27 bits per heavy atom. The second kappa shape index (κ2) is 3.70. The molecule has 0 aromatic rings. The van der Waals surface area contributed by atoms with Gasteiger partial charge in [0.25, 0.3) is 0 Å². The Hall–Kier alpha value is -1.89. The molecule has 1 aliphatic carbocycles. The first-order valence-electron chi connectivity index (χ1n) is 3.97. The van der Waals surface area contributed by atoms with E-state index in [0.717, 1.165) is 19.3 Å². The number of carboxylic acid groups (broad SMARTS) is 1. The molecule has 1 atom stereocenters. The molecule has 1 unspecified atom stereocenters. The van der Waals surface area contributed by atoms with Crippen LogP contribution in [0.3, 0.4) is 0 Å². The largest absolute Gasteiger partial charge is 0.504 e. The van der Waals surface area contributed by atoms with Gasteiger partial charge < -0.3 is 14.9 Å². The smallest absolute Gasteiger partial charge is 0.386 e. The lowest BCUT2D eigenvalue weighted by Crippen LogP contribution is -2.44. The first-order valence-corrected chi connectivity index (χ1v) is 3.97. The van der Waals surface area contributed by atoms with Crippen LogP contribution in [0.15, 0.2) is 23.5 Å². The number of hydrogen-bond donors (Lipinski definition) is 2. The van der Waals surface area contributed by atoms with Crippen molar-refractivity contribution in [3.8, 4) is 0 Å². The number of carbonyl (C=O) groups is 1. The highest BCUT2D eigenvalue weighted by atomic mass is 16.7. The average molecular weight is 215 g/mol. The fourth-order valence-corrected chi connectivity index (χ4v) is 1.27. The molecule has 0 spiro atoms. The number of methoxy groups -OCH3 is 1. The van der Waals surface area contributed by atoms with Gasteiger partial charge in [-0.05, 0) is 12.2 Å². The Morgan fingerprint density at radius 1 is 1.67 bits per heavy atom. The van der Waals surface area contributed by atoms with E-state index in [1.165, 1.54) is 0 Å². The Balaban J connectivity index is 3.15. The number of aliphatic carboxylic acids is 1. The molecule has 0 saturated heterocycles. The van der Waals surface area contributed by atoms with Crippen LogP contribution in [0.4, 0.5) is 0 Å². The number of ether oxygens (including phenoxy) is 1. The van der Waals surface area contributed by atoms with E-state index >= 15 is 0 Å². The van der Waals surface area contributed by atoms with Crippen LogP contribution in [0, 0.1) is 10.1 Å². The minimum Gasteiger partial charge on any atom is -0.504 e. The van der Waals surface area contributed by atoms with Gasteiger partial charge in [-0.3, -0.25) is 10.1 Å². The molecule has 1 aliphatic rings. The number of nitro groups is 1. The number of hydrogen-bond acceptors (Lipinski definition) is 5. The van der Waals surface area contributed by atoms with Crippen molar-refractivity contribution in [2.24, 2.45) is 0 Å². The summed E-state index contributed by atoms with van der Waals surface area (Å²) in [6, 6.07) is 0. The summed E-state index contributed by atoms with van der Waals surface area (Å²) in [6.07, 6.45) is 1.56. The first kappa shape index (κ1) is 11.2. The van der Waals surface area contributed by atoms with Gasteiger partial charge in [-0.1, -0.05) is 0 Å². The lowest BCUT2D eigenvalue weighted by Gasteiger charge is -2.24. The van der Waals surface area contributed by atoms with Crippen molar-refractivity contribution in [1.82, 2.24) is 0 Å². The van der Waals surface area contributed by atoms with Crippen molar-refractivity contribution in [3.05, 3.63) is 33.6 Å². The first-order chi connectivity index (χ1) is 6.94. The third kappa shape index (κ3) is 1.68. The number of rotatable bonds is 3. The normalized spacial score (nSPS) is 25.4. The van der Waals surface area contributed by atoms with Crippen molar-refractivity contribution in [3.63, 3.8) is 0 Å². The second-order valence-corrected chi connectivity index (χ2v) is 2.97. The van der Waals surface area contributed by atoms with Crippen LogP contribution in [-0.2, 0) is 9.53 Å². The molecule has 15 heavy (non-hydrogen) atoms. The van der Waals surface area contributed by atoms with Gasteiger partial charge in [0.1, 0.15) is 0 Å². The fourth-order valence-electron chi connectivity index (χ4n) is 1.27. The maximum Gasteiger partial charge on any atom is 0.386 e. The molecule has 0 amide bonds. The van der Waals surface area contributed by atoms with Gasteiger partial charge in [0.2, 0.25) is 5.76 Å². The molecule has 0 fully saturated rings. The van der Waals surface area contributed by atoms with E-state index in [-0.39, 0.29) is 5.57 Å². The Bertz CT molecular complexity index is 371. The number of aliphatic hydroxyl groups is 1. The highest BCUT2D eigenvalue weighted by molar-refractivity contribution is 5.87. The van der Waals surface area contributed by atoms with E-state index in [1.807, 2.05) is 0 Å². The summed E-state index contributed by atoms with van der Waals surface area (Å²) >= 11 is 0. The molecule has 0 aromatic carbocycles. The van der Waals surface area contributed by atoms with Crippen molar-refractivity contribution in [2.45, 2.75) is 12.1 Å². The number of nitrogens with zero attached hydrogens (tertiary/aromatic N) is 1. The van der Waals surface area contributed by atoms with Gasteiger partial charge in [-0.15, -0.1) is 0 Å². The van der Waals surface area contributed by atoms with Gasteiger partial charge in [-0.2, -0.15) is 0 Å². The van der Waals surface area contributed by atoms with Crippen LogP contribution < -0.4 is 0 Å². The lowest BCUT2D eigenvalue weighted by molar-refractivity contribution is -0.618. The summed E-state index contributed by atoms with van der Waals surface area (Å²) in [5, 5.41) is 28.8. The van der Waals surface area contributed by atoms with Gasteiger partial charge in [0.05, 0.1) is 11.3 Å². The number of allylic oxidation sites excluding steroid dienone is 2. The summed E-state index contributed by atoms with van der Waals surface area (Å²) < 4.78 is 4.61. The van der Waals surface area contributed by atoms with E-state index in [4.69, 9.17) is 5.11 Å². The molecular formula is C8H9NO6. The summed E-state index contributed by atoms with van der Waals surface area (Å²) in [4.78, 5) is 20.5. The molecule has 0 saturated carbocycles. The maximum absolute atomic E-state index is 10.7. The molecule has 2 N–H and O–H groups in total. The van der Waals surface area contributed by atoms with E-state index < -0.39 is 28.8 Å². The van der Waals surface area contributed by atoms with Crippen LogP contribution in [-0.4, -0.2) is 33.9 Å². The molecule has 0 heterocycles. The lowest BCUT2D eigenvalue weighted by atomic mass is 9.95. The van der Waals surface area contributed by atoms with Crippen molar-refractivity contribution in [2.75, 3.05) is 7.11 Å². The molecule has 7 heteroatoms. The molecule has 0 aromatic heterocycles. The number of carboxylic acids is 1. The van der Waals surface area contributed by atoms with E-state index in [0.29, 0.717) is 0 Å². The molecule has 0 radical (unpaired) electrons. The predicted octanol–water partition coefficient (Wildman–Crippen LogP) is 0.462. The fraction of sp³-hybridized carbons (Fsp3) is 0.375. The summed E-state index contributed by atoms with van der Waals surface area (Å²) in [5.74, 6) is -1.89. The van der Waals surface area contributed by atoms with Gasteiger partial charge in [0, 0.05) is 12.7 Å². The van der Waals surface area contributed by atoms with Crippen molar-refractivity contribution >= 4 is 5.97 Å². The second-order valence-electron chi connectivity index (χ2n) is 2.97.